The lowest BCUT2D eigenvalue weighted by Gasteiger charge is -2.31. The maximum Gasteiger partial charge on any atom is 0.336 e. The van der Waals surface area contributed by atoms with E-state index in [0.717, 1.165) is 49.7 Å². The van der Waals surface area contributed by atoms with Gasteiger partial charge in [-0.05, 0) is 63.5 Å². The normalized spacial score (nSPS) is 19.3. The van der Waals surface area contributed by atoms with Crippen LogP contribution in [0.15, 0.2) is 24.3 Å². The number of carboxylic acids is 1. The van der Waals surface area contributed by atoms with Gasteiger partial charge in [-0.3, -0.25) is 9.80 Å². The molecule has 7 nitrogen and oxygen atoms in total. The van der Waals surface area contributed by atoms with Gasteiger partial charge in [0.05, 0.1) is 12.1 Å². The Kier molecular flexibility index (Phi) is 5.73. The van der Waals surface area contributed by atoms with Gasteiger partial charge in [-0.1, -0.05) is 18.2 Å². The first kappa shape index (κ1) is 19.1. The zero-order chi connectivity index (χ0) is 19.5. The quantitative estimate of drug-likeness (QED) is 0.826. The SMILES string of the molecule is Cn1c(CN2CCCC2)nnc1C1CCN(Cc2ccccc2C(=O)O)CC1. The molecule has 2 aromatic rings. The monoisotopic (exact) mass is 383 g/mol. The van der Waals surface area contributed by atoms with Crippen molar-refractivity contribution >= 4 is 5.97 Å². The molecule has 0 spiro atoms. The minimum absolute atomic E-state index is 0.407. The van der Waals surface area contributed by atoms with Gasteiger partial charge in [0.1, 0.15) is 11.6 Å². The highest BCUT2D eigenvalue weighted by molar-refractivity contribution is 5.89. The van der Waals surface area contributed by atoms with Crippen molar-refractivity contribution in [2.24, 2.45) is 7.05 Å². The molecule has 1 N–H and O–H groups in total. The summed E-state index contributed by atoms with van der Waals surface area (Å²) >= 11 is 0. The summed E-state index contributed by atoms with van der Waals surface area (Å²) in [5.41, 5.74) is 1.30. The number of hydrogen-bond acceptors (Lipinski definition) is 5. The number of aromatic nitrogens is 3. The van der Waals surface area contributed by atoms with Crippen molar-refractivity contribution in [3.63, 3.8) is 0 Å². The standard InChI is InChI=1S/C21H29N5O2/c1-24-19(15-25-10-4-5-11-25)22-23-20(24)16-8-12-26(13-9-16)14-17-6-2-3-7-18(17)21(27)28/h2-3,6-7,16H,4-5,8-15H2,1H3,(H,27,28). The molecule has 0 atom stereocenters. The Hall–Kier alpha value is -2.25. The highest BCUT2D eigenvalue weighted by Crippen LogP contribution is 2.28. The molecule has 0 bridgehead atoms. The van der Waals surface area contributed by atoms with Gasteiger partial charge < -0.3 is 9.67 Å². The molecule has 0 unspecified atom stereocenters. The van der Waals surface area contributed by atoms with Crippen molar-refractivity contribution in [1.82, 2.24) is 24.6 Å². The van der Waals surface area contributed by atoms with Crippen LogP contribution < -0.4 is 0 Å². The summed E-state index contributed by atoms with van der Waals surface area (Å²) in [5, 5.41) is 18.4. The first-order valence-electron chi connectivity index (χ1n) is 10.3. The van der Waals surface area contributed by atoms with Crippen LogP contribution in [0.2, 0.25) is 0 Å². The second-order valence-corrected chi connectivity index (χ2v) is 8.03. The van der Waals surface area contributed by atoms with E-state index in [-0.39, 0.29) is 0 Å². The number of hydrogen-bond donors (Lipinski definition) is 1. The molecule has 0 saturated carbocycles. The van der Waals surface area contributed by atoms with Crippen LogP contribution in [0.25, 0.3) is 0 Å². The van der Waals surface area contributed by atoms with Crippen molar-refractivity contribution < 1.29 is 9.90 Å². The van der Waals surface area contributed by atoms with Crippen LogP contribution in [-0.2, 0) is 20.1 Å². The van der Waals surface area contributed by atoms with Gasteiger partial charge in [0.2, 0.25) is 0 Å². The first-order chi connectivity index (χ1) is 13.6. The Morgan fingerprint density at radius 1 is 1.04 bits per heavy atom. The summed E-state index contributed by atoms with van der Waals surface area (Å²) in [6.07, 6.45) is 4.64. The zero-order valence-corrected chi connectivity index (χ0v) is 16.5. The molecule has 1 aromatic carbocycles. The first-order valence-corrected chi connectivity index (χ1v) is 10.3. The fourth-order valence-electron chi connectivity index (χ4n) is 4.47. The number of benzene rings is 1. The molecule has 3 heterocycles. The van der Waals surface area contributed by atoms with Gasteiger partial charge >= 0.3 is 5.97 Å². The second kappa shape index (κ2) is 8.41. The lowest BCUT2D eigenvalue weighted by Crippen LogP contribution is -2.33. The molecular formula is C21H29N5O2. The van der Waals surface area contributed by atoms with E-state index in [4.69, 9.17) is 0 Å². The topological polar surface area (TPSA) is 74.5 Å². The van der Waals surface area contributed by atoms with E-state index in [9.17, 15) is 9.90 Å². The van der Waals surface area contributed by atoms with E-state index in [0.29, 0.717) is 18.0 Å². The van der Waals surface area contributed by atoms with Crippen LogP contribution in [0.3, 0.4) is 0 Å². The van der Waals surface area contributed by atoms with Gasteiger partial charge in [0.15, 0.2) is 0 Å². The van der Waals surface area contributed by atoms with Crippen molar-refractivity contribution in [3.05, 3.63) is 47.0 Å². The largest absolute Gasteiger partial charge is 0.478 e. The highest BCUT2D eigenvalue weighted by Gasteiger charge is 2.26. The number of aromatic carboxylic acids is 1. The molecular weight excluding hydrogens is 354 g/mol. The molecule has 28 heavy (non-hydrogen) atoms. The van der Waals surface area contributed by atoms with Gasteiger partial charge in [-0.15, -0.1) is 10.2 Å². The molecule has 1 aromatic heterocycles. The highest BCUT2D eigenvalue weighted by atomic mass is 16.4. The fraction of sp³-hybridized carbons (Fsp3) is 0.571. The molecule has 150 valence electrons. The number of carboxylic acid groups (broad SMARTS) is 1. The zero-order valence-electron chi connectivity index (χ0n) is 16.5. The Morgan fingerprint density at radius 3 is 2.43 bits per heavy atom. The maximum absolute atomic E-state index is 11.4. The average molecular weight is 383 g/mol. The van der Waals surface area contributed by atoms with E-state index in [1.807, 2.05) is 12.1 Å². The molecule has 2 fully saturated rings. The van der Waals surface area contributed by atoms with E-state index in [2.05, 4.69) is 31.6 Å². The molecule has 4 rings (SSSR count). The smallest absolute Gasteiger partial charge is 0.336 e. The van der Waals surface area contributed by atoms with Crippen LogP contribution in [0.5, 0.6) is 0 Å². The van der Waals surface area contributed by atoms with Crippen molar-refractivity contribution in [3.8, 4) is 0 Å². The van der Waals surface area contributed by atoms with Crippen molar-refractivity contribution in [2.45, 2.75) is 44.7 Å². The second-order valence-electron chi connectivity index (χ2n) is 8.03. The number of nitrogens with zero attached hydrogens (tertiary/aromatic N) is 5. The molecule has 0 radical (unpaired) electrons. The molecule has 2 aliphatic rings. The van der Waals surface area contributed by atoms with Crippen LogP contribution in [0.4, 0.5) is 0 Å². The van der Waals surface area contributed by atoms with Gasteiger partial charge in [0, 0.05) is 19.5 Å². The summed E-state index contributed by atoms with van der Waals surface area (Å²) in [6.45, 7) is 5.82. The van der Waals surface area contributed by atoms with Gasteiger partial charge in [0.25, 0.3) is 0 Å². The van der Waals surface area contributed by atoms with Gasteiger partial charge in [-0.25, -0.2) is 4.79 Å². The Balaban J connectivity index is 1.36. The van der Waals surface area contributed by atoms with Crippen LogP contribution >= 0.6 is 0 Å². The van der Waals surface area contributed by atoms with Crippen LogP contribution in [0.1, 0.15) is 59.2 Å². The summed E-state index contributed by atoms with van der Waals surface area (Å²) in [5.74, 6) is 1.74. The lowest BCUT2D eigenvalue weighted by atomic mass is 9.95. The van der Waals surface area contributed by atoms with Crippen LogP contribution in [0, 0.1) is 0 Å². The Morgan fingerprint density at radius 2 is 1.71 bits per heavy atom. The molecule has 0 aliphatic carbocycles. The van der Waals surface area contributed by atoms with Crippen molar-refractivity contribution in [1.29, 1.82) is 0 Å². The van der Waals surface area contributed by atoms with Crippen molar-refractivity contribution in [2.75, 3.05) is 26.2 Å². The van der Waals surface area contributed by atoms with E-state index in [1.165, 1.54) is 25.9 Å². The Bertz CT molecular complexity index is 820. The average Bonchev–Trinajstić information content (AvgIpc) is 3.34. The molecule has 2 aliphatic heterocycles. The summed E-state index contributed by atoms with van der Waals surface area (Å²) in [4.78, 5) is 16.2. The summed E-state index contributed by atoms with van der Waals surface area (Å²) in [7, 11) is 2.09. The third-order valence-electron chi connectivity index (χ3n) is 6.16. The minimum Gasteiger partial charge on any atom is -0.478 e. The lowest BCUT2D eigenvalue weighted by molar-refractivity contribution is 0.0694. The maximum atomic E-state index is 11.4. The third kappa shape index (κ3) is 4.10. The third-order valence-corrected chi connectivity index (χ3v) is 6.16. The van der Waals surface area contributed by atoms with E-state index >= 15 is 0 Å². The van der Waals surface area contributed by atoms with E-state index < -0.39 is 5.97 Å². The summed E-state index contributed by atoms with van der Waals surface area (Å²) < 4.78 is 2.19. The van der Waals surface area contributed by atoms with Crippen LogP contribution in [-0.4, -0.2) is 61.8 Å². The molecule has 2 saturated heterocycles. The minimum atomic E-state index is -0.852. The molecule has 0 amide bonds. The van der Waals surface area contributed by atoms with E-state index in [1.54, 1.807) is 12.1 Å². The number of carbonyl (C=O) groups is 1. The predicted octanol–water partition coefficient (Wildman–Crippen LogP) is 2.49. The number of piperidine rings is 1. The number of likely N-dealkylation sites (tertiary alicyclic amines) is 2. The molecule has 7 heteroatoms. The van der Waals surface area contributed by atoms with Gasteiger partial charge in [-0.2, -0.15) is 0 Å². The summed E-state index contributed by atoms with van der Waals surface area (Å²) in [6, 6.07) is 7.30. The fourth-order valence-corrected chi connectivity index (χ4v) is 4.47. The Labute approximate surface area is 166 Å². The predicted molar refractivity (Wildman–Crippen MR) is 106 cm³/mol. The number of rotatable bonds is 6.